The van der Waals surface area contributed by atoms with E-state index < -0.39 is 0 Å². The maximum atomic E-state index is 6.04. The Morgan fingerprint density at radius 1 is 0.889 bits per heavy atom. The number of hydrogen-bond acceptors (Lipinski definition) is 2. The van der Waals surface area contributed by atoms with Gasteiger partial charge in [-0.25, -0.2) is 0 Å². The van der Waals surface area contributed by atoms with Gasteiger partial charge in [-0.15, -0.1) is 0 Å². The standard InChI is InChI=1S/C15H25BO2/c1-13(2)14(3,4)18-16(17-13)11-12-5-7-15(8-6-12)9-10-15/h11H,5-10H2,1-4H3. The molecule has 1 saturated heterocycles. The number of rotatable bonds is 1. The minimum absolute atomic E-state index is 0.141. The molecule has 0 aromatic carbocycles. The molecule has 3 rings (SSSR count). The predicted molar refractivity (Wildman–Crippen MR) is 74.3 cm³/mol. The Hall–Kier alpha value is -0.275. The molecule has 0 unspecified atom stereocenters. The van der Waals surface area contributed by atoms with Gasteiger partial charge in [-0.2, -0.15) is 0 Å². The lowest BCUT2D eigenvalue weighted by Crippen LogP contribution is -2.41. The first kappa shape index (κ1) is 12.7. The molecule has 1 aliphatic heterocycles. The molecule has 3 heteroatoms. The summed E-state index contributed by atoms with van der Waals surface area (Å²) in [7, 11) is -0.141. The van der Waals surface area contributed by atoms with E-state index >= 15 is 0 Å². The van der Waals surface area contributed by atoms with Crippen LogP contribution in [-0.2, 0) is 9.31 Å². The maximum Gasteiger partial charge on any atom is 0.487 e. The third-order valence-electron chi connectivity index (χ3n) is 5.55. The molecule has 1 heterocycles. The fraction of sp³-hybridized carbons (Fsp3) is 0.867. The highest BCUT2D eigenvalue weighted by atomic mass is 16.7. The first-order chi connectivity index (χ1) is 8.32. The third-order valence-corrected chi connectivity index (χ3v) is 5.55. The summed E-state index contributed by atoms with van der Waals surface area (Å²) in [4.78, 5) is 0. The van der Waals surface area contributed by atoms with Gasteiger partial charge in [0.25, 0.3) is 0 Å². The van der Waals surface area contributed by atoms with Crippen molar-refractivity contribution in [1.82, 2.24) is 0 Å². The molecule has 2 aliphatic carbocycles. The van der Waals surface area contributed by atoms with Crippen LogP contribution in [0.25, 0.3) is 0 Å². The van der Waals surface area contributed by atoms with Crippen molar-refractivity contribution in [2.45, 2.75) is 77.4 Å². The second-order valence-electron chi connectivity index (χ2n) is 7.45. The molecule has 3 fully saturated rings. The molecule has 0 radical (unpaired) electrons. The van der Waals surface area contributed by atoms with Gasteiger partial charge in [0.1, 0.15) is 0 Å². The van der Waals surface area contributed by atoms with Gasteiger partial charge in [0.2, 0.25) is 0 Å². The average Bonchev–Trinajstić information content (AvgIpc) is 2.96. The van der Waals surface area contributed by atoms with E-state index in [9.17, 15) is 0 Å². The molecule has 2 nitrogen and oxygen atoms in total. The van der Waals surface area contributed by atoms with Crippen LogP contribution >= 0.6 is 0 Å². The lowest BCUT2D eigenvalue weighted by atomic mass is 9.77. The fourth-order valence-corrected chi connectivity index (χ4v) is 3.09. The van der Waals surface area contributed by atoms with Crippen molar-refractivity contribution in [2.24, 2.45) is 5.41 Å². The van der Waals surface area contributed by atoms with E-state index in [0.717, 1.165) is 5.41 Å². The molecule has 0 N–H and O–H groups in total. The van der Waals surface area contributed by atoms with E-state index in [2.05, 4.69) is 33.7 Å². The molecule has 100 valence electrons. The van der Waals surface area contributed by atoms with Crippen LogP contribution in [0.2, 0.25) is 0 Å². The Morgan fingerprint density at radius 2 is 1.39 bits per heavy atom. The molecule has 0 aromatic heterocycles. The summed E-state index contributed by atoms with van der Waals surface area (Å²) in [6.45, 7) is 8.47. The van der Waals surface area contributed by atoms with Crippen LogP contribution in [0, 0.1) is 5.41 Å². The minimum atomic E-state index is -0.207. The van der Waals surface area contributed by atoms with Gasteiger partial charge in [0, 0.05) is 0 Å². The summed E-state index contributed by atoms with van der Waals surface area (Å²) in [6, 6.07) is 0. The van der Waals surface area contributed by atoms with Gasteiger partial charge in [0.15, 0.2) is 0 Å². The molecule has 3 aliphatic rings. The summed E-state index contributed by atoms with van der Waals surface area (Å²) in [5, 5.41) is 0. The monoisotopic (exact) mass is 248 g/mol. The lowest BCUT2D eigenvalue weighted by molar-refractivity contribution is 0.00578. The Kier molecular flexibility index (Phi) is 2.73. The van der Waals surface area contributed by atoms with Gasteiger partial charge < -0.3 is 9.31 Å². The second kappa shape index (κ2) is 3.86. The summed E-state index contributed by atoms with van der Waals surface area (Å²) in [6.07, 6.45) is 8.22. The van der Waals surface area contributed by atoms with E-state index in [-0.39, 0.29) is 18.3 Å². The normalized spacial score (nSPS) is 31.8. The zero-order valence-electron chi connectivity index (χ0n) is 12.2. The predicted octanol–water partition coefficient (Wildman–Crippen LogP) is 3.90. The van der Waals surface area contributed by atoms with Crippen LogP contribution in [0.1, 0.15) is 66.2 Å². The van der Waals surface area contributed by atoms with Crippen LogP contribution in [0.3, 0.4) is 0 Å². The molecule has 0 aromatic rings. The van der Waals surface area contributed by atoms with Crippen molar-refractivity contribution in [3.63, 3.8) is 0 Å². The van der Waals surface area contributed by atoms with E-state index in [1.807, 2.05) is 0 Å². The van der Waals surface area contributed by atoms with Gasteiger partial charge in [-0.1, -0.05) is 11.5 Å². The Balaban J connectivity index is 1.64. The van der Waals surface area contributed by atoms with Gasteiger partial charge >= 0.3 is 7.12 Å². The van der Waals surface area contributed by atoms with Gasteiger partial charge in [-0.3, -0.25) is 0 Å². The van der Waals surface area contributed by atoms with Crippen LogP contribution in [-0.4, -0.2) is 18.3 Å². The zero-order valence-corrected chi connectivity index (χ0v) is 12.2. The third kappa shape index (κ3) is 2.16. The van der Waals surface area contributed by atoms with Crippen LogP contribution in [0.15, 0.2) is 11.5 Å². The Labute approximate surface area is 111 Å². The van der Waals surface area contributed by atoms with Crippen molar-refractivity contribution in [3.05, 3.63) is 11.5 Å². The highest BCUT2D eigenvalue weighted by Gasteiger charge is 2.50. The van der Waals surface area contributed by atoms with Crippen LogP contribution in [0.5, 0.6) is 0 Å². The lowest BCUT2D eigenvalue weighted by Gasteiger charge is -2.32. The molecule has 0 bridgehead atoms. The fourth-order valence-electron chi connectivity index (χ4n) is 3.09. The molecule has 2 saturated carbocycles. The van der Waals surface area contributed by atoms with Crippen molar-refractivity contribution < 1.29 is 9.31 Å². The Bertz CT molecular complexity index is 352. The van der Waals surface area contributed by atoms with E-state index in [1.54, 1.807) is 5.57 Å². The first-order valence-corrected chi connectivity index (χ1v) is 7.37. The topological polar surface area (TPSA) is 18.5 Å². The minimum Gasteiger partial charge on any atom is -0.400 e. The van der Waals surface area contributed by atoms with E-state index in [1.165, 1.54) is 38.5 Å². The summed E-state index contributed by atoms with van der Waals surface area (Å²) in [5.74, 6) is 2.24. The smallest absolute Gasteiger partial charge is 0.400 e. The summed E-state index contributed by atoms with van der Waals surface area (Å²) < 4.78 is 12.1. The van der Waals surface area contributed by atoms with Gasteiger partial charge in [-0.05, 0) is 71.6 Å². The van der Waals surface area contributed by atoms with Crippen molar-refractivity contribution >= 4 is 7.12 Å². The largest absolute Gasteiger partial charge is 0.487 e. The number of hydrogen-bond donors (Lipinski definition) is 0. The molecular formula is C15H25BO2. The van der Waals surface area contributed by atoms with Crippen molar-refractivity contribution in [1.29, 1.82) is 0 Å². The van der Waals surface area contributed by atoms with E-state index in [4.69, 9.17) is 9.31 Å². The SMILES string of the molecule is CC1(C)OB(C=C2CCC3(CC2)CC3)OC1(C)C. The van der Waals surface area contributed by atoms with Crippen LogP contribution in [0.4, 0.5) is 0 Å². The molecular weight excluding hydrogens is 223 g/mol. The highest BCUT2D eigenvalue weighted by molar-refractivity contribution is 6.51. The quantitative estimate of drug-likeness (QED) is 0.655. The van der Waals surface area contributed by atoms with E-state index in [0.29, 0.717) is 0 Å². The molecule has 0 amide bonds. The van der Waals surface area contributed by atoms with Crippen molar-refractivity contribution in [3.8, 4) is 0 Å². The maximum absolute atomic E-state index is 6.04. The zero-order chi connectivity index (χ0) is 13.0. The first-order valence-electron chi connectivity index (χ1n) is 7.37. The van der Waals surface area contributed by atoms with Gasteiger partial charge in [0.05, 0.1) is 11.2 Å². The van der Waals surface area contributed by atoms with Crippen LogP contribution < -0.4 is 0 Å². The number of allylic oxidation sites excluding steroid dienone is 1. The highest BCUT2D eigenvalue weighted by Crippen LogP contribution is 2.57. The average molecular weight is 248 g/mol. The molecule has 0 atom stereocenters. The summed E-state index contributed by atoms with van der Waals surface area (Å²) in [5.41, 5.74) is 1.89. The Morgan fingerprint density at radius 3 is 1.83 bits per heavy atom. The summed E-state index contributed by atoms with van der Waals surface area (Å²) >= 11 is 0. The molecule has 18 heavy (non-hydrogen) atoms. The molecule has 1 spiro atoms. The second-order valence-corrected chi connectivity index (χ2v) is 7.45. The van der Waals surface area contributed by atoms with Crippen molar-refractivity contribution in [2.75, 3.05) is 0 Å².